The molecule has 0 bridgehead atoms. The lowest BCUT2D eigenvalue weighted by Crippen LogP contribution is -2.20. The van der Waals surface area contributed by atoms with Gasteiger partial charge in [0.1, 0.15) is 17.4 Å². The highest BCUT2D eigenvalue weighted by atomic mass is 79.9. The van der Waals surface area contributed by atoms with Crippen LogP contribution in [0.1, 0.15) is 17.0 Å². The molecule has 128 valence electrons. The van der Waals surface area contributed by atoms with E-state index in [0.29, 0.717) is 22.6 Å². The second kappa shape index (κ2) is 7.35. The molecule has 1 aliphatic rings. The van der Waals surface area contributed by atoms with Crippen molar-refractivity contribution in [3.8, 4) is 17.9 Å². The van der Waals surface area contributed by atoms with Crippen LogP contribution in [0.25, 0.3) is 5.76 Å². The number of rotatable bonds is 3. The highest BCUT2D eigenvalue weighted by Gasteiger charge is 2.33. The third-order valence-electron chi connectivity index (χ3n) is 4.10. The van der Waals surface area contributed by atoms with Gasteiger partial charge in [0, 0.05) is 10.0 Å². The number of hydrogen-bond donors (Lipinski definition) is 1. The van der Waals surface area contributed by atoms with E-state index >= 15 is 0 Å². The summed E-state index contributed by atoms with van der Waals surface area (Å²) in [6.45, 7) is 0. The standard InChI is InChI=1S/C20H14BrN3O2/c1-25-15-8-4-12(5-9-15)18-16(10-22)19(26-20(24)17(18)11-23)13-2-6-14(21)7-3-13/h2-9,18H,24H2,1H3. The van der Waals surface area contributed by atoms with Crippen LogP contribution in [-0.2, 0) is 4.74 Å². The van der Waals surface area contributed by atoms with Crippen LogP contribution in [0.3, 0.4) is 0 Å². The quantitative estimate of drug-likeness (QED) is 0.822. The second-order valence-electron chi connectivity index (χ2n) is 5.56. The normalized spacial score (nSPS) is 16.5. The summed E-state index contributed by atoms with van der Waals surface area (Å²) in [6, 6.07) is 18.8. The van der Waals surface area contributed by atoms with E-state index in [-0.39, 0.29) is 11.5 Å². The third-order valence-corrected chi connectivity index (χ3v) is 4.62. The summed E-state index contributed by atoms with van der Waals surface area (Å²) in [5.74, 6) is 0.456. The molecule has 0 aliphatic carbocycles. The molecule has 0 fully saturated rings. The monoisotopic (exact) mass is 407 g/mol. The van der Waals surface area contributed by atoms with Crippen molar-refractivity contribution in [3.63, 3.8) is 0 Å². The molecule has 2 aromatic rings. The first-order chi connectivity index (χ1) is 12.6. The number of allylic oxidation sites excluding steroid dienone is 2. The molecule has 0 radical (unpaired) electrons. The molecule has 3 rings (SSSR count). The van der Waals surface area contributed by atoms with Gasteiger partial charge in [-0.3, -0.25) is 0 Å². The van der Waals surface area contributed by atoms with E-state index in [1.165, 1.54) is 0 Å². The van der Waals surface area contributed by atoms with E-state index in [4.69, 9.17) is 15.2 Å². The number of nitrogens with zero attached hydrogens (tertiary/aromatic N) is 2. The molecule has 5 nitrogen and oxygen atoms in total. The first kappa shape index (κ1) is 17.6. The van der Waals surface area contributed by atoms with E-state index in [1.807, 2.05) is 36.4 Å². The molecule has 0 saturated heterocycles. The van der Waals surface area contributed by atoms with E-state index in [2.05, 4.69) is 28.1 Å². The molecule has 6 heteroatoms. The van der Waals surface area contributed by atoms with Gasteiger partial charge in [-0.2, -0.15) is 10.5 Å². The summed E-state index contributed by atoms with van der Waals surface area (Å²) < 4.78 is 11.8. The summed E-state index contributed by atoms with van der Waals surface area (Å²) in [4.78, 5) is 0. The molecule has 1 aliphatic heterocycles. The Morgan fingerprint density at radius 2 is 1.62 bits per heavy atom. The number of benzene rings is 2. The summed E-state index contributed by atoms with van der Waals surface area (Å²) in [7, 11) is 1.58. The van der Waals surface area contributed by atoms with Crippen LogP contribution in [0, 0.1) is 22.7 Å². The Hall–Kier alpha value is -3.22. The average molecular weight is 408 g/mol. The predicted octanol–water partition coefficient (Wildman–Crippen LogP) is 4.20. The SMILES string of the molecule is COc1ccc(C2C(C#N)=C(N)OC(c3ccc(Br)cc3)=C2C#N)cc1. The van der Waals surface area contributed by atoms with Crippen molar-refractivity contribution >= 4 is 21.7 Å². The zero-order valence-corrected chi connectivity index (χ0v) is 15.4. The van der Waals surface area contributed by atoms with Crippen molar-refractivity contribution in [2.24, 2.45) is 5.73 Å². The Balaban J connectivity index is 2.18. The topological polar surface area (TPSA) is 92.1 Å². The molecule has 1 atom stereocenters. The van der Waals surface area contributed by atoms with Crippen LogP contribution in [0.2, 0.25) is 0 Å². The second-order valence-corrected chi connectivity index (χ2v) is 6.48. The highest BCUT2D eigenvalue weighted by molar-refractivity contribution is 9.10. The maximum absolute atomic E-state index is 9.81. The smallest absolute Gasteiger partial charge is 0.205 e. The van der Waals surface area contributed by atoms with Gasteiger partial charge in [0.25, 0.3) is 0 Å². The Morgan fingerprint density at radius 3 is 2.15 bits per heavy atom. The first-order valence-corrected chi connectivity index (χ1v) is 8.50. The van der Waals surface area contributed by atoms with Gasteiger partial charge < -0.3 is 15.2 Å². The van der Waals surface area contributed by atoms with Gasteiger partial charge >= 0.3 is 0 Å². The minimum Gasteiger partial charge on any atom is -0.497 e. The van der Waals surface area contributed by atoms with Gasteiger partial charge in [-0.1, -0.05) is 40.2 Å². The lowest BCUT2D eigenvalue weighted by Gasteiger charge is -2.26. The zero-order chi connectivity index (χ0) is 18.7. The van der Waals surface area contributed by atoms with Crippen molar-refractivity contribution in [1.29, 1.82) is 10.5 Å². The van der Waals surface area contributed by atoms with Crippen LogP contribution < -0.4 is 10.5 Å². The Bertz CT molecular complexity index is 978. The van der Waals surface area contributed by atoms with Crippen LogP contribution in [-0.4, -0.2) is 7.11 Å². The zero-order valence-electron chi connectivity index (χ0n) is 13.9. The maximum atomic E-state index is 9.81. The van der Waals surface area contributed by atoms with Crippen molar-refractivity contribution in [2.75, 3.05) is 7.11 Å². The Labute approximate surface area is 159 Å². The number of nitrogens with two attached hydrogens (primary N) is 1. The number of halogens is 1. The van der Waals surface area contributed by atoms with E-state index in [0.717, 1.165) is 10.0 Å². The molecule has 0 aromatic heterocycles. The van der Waals surface area contributed by atoms with Gasteiger partial charge in [-0.05, 0) is 29.8 Å². The van der Waals surface area contributed by atoms with Gasteiger partial charge in [0.15, 0.2) is 5.76 Å². The van der Waals surface area contributed by atoms with Crippen molar-refractivity contribution in [2.45, 2.75) is 5.92 Å². The van der Waals surface area contributed by atoms with Crippen LogP contribution >= 0.6 is 15.9 Å². The van der Waals surface area contributed by atoms with Gasteiger partial charge in [-0.25, -0.2) is 0 Å². The molecule has 0 saturated carbocycles. The van der Waals surface area contributed by atoms with Crippen LogP contribution in [0.5, 0.6) is 5.75 Å². The first-order valence-electron chi connectivity index (χ1n) is 7.70. The summed E-state index contributed by atoms with van der Waals surface area (Å²) in [5, 5.41) is 19.4. The molecule has 0 amide bonds. The van der Waals surface area contributed by atoms with Crippen LogP contribution in [0.15, 0.2) is 70.0 Å². The van der Waals surface area contributed by atoms with Crippen LogP contribution in [0.4, 0.5) is 0 Å². The van der Waals surface area contributed by atoms with E-state index < -0.39 is 5.92 Å². The van der Waals surface area contributed by atoms with Gasteiger partial charge in [0.05, 0.1) is 24.7 Å². The third kappa shape index (κ3) is 3.15. The Morgan fingerprint density at radius 1 is 1.00 bits per heavy atom. The minimum absolute atomic E-state index is 0.00485. The fourth-order valence-electron chi connectivity index (χ4n) is 2.82. The van der Waals surface area contributed by atoms with Gasteiger partial charge in [-0.15, -0.1) is 0 Å². The lowest BCUT2D eigenvalue weighted by atomic mass is 9.82. The molecule has 0 spiro atoms. The largest absolute Gasteiger partial charge is 0.497 e. The predicted molar refractivity (Wildman–Crippen MR) is 100 cm³/mol. The van der Waals surface area contributed by atoms with E-state index in [1.54, 1.807) is 19.2 Å². The molecule has 1 unspecified atom stereocenters. The fourth-order valence-corrected chi connectivity index (χ4v) is 3.08. The Kier molecular flexibility index (Phi) is 4.97. The van der Waals surface area contributed by atoms with Gasteiger partial charge in [0.2, 0.25) is 5.88 Å². The van der Waals surface area contributed by atoms with E-state index in [9.17, 15) is 10.5 Å². The minimum atomic E-state index is -0.594. The summed E-state index contributed by atoms with van der Waals surface area (Å²) >= 11 is 3.39. The summed E-state index contributed by atoms with van der Waals surface area (Å²) in [5.41, 5.74) is 8.03. The number of nitriles is 2. The molecule has 1 heterocycles. The fraction of sp³-hybridized carbons (Fsp3) is 0.100. The maximum Gasteiger partial charge on any atom is 0.205 e. The summed E-state index contributed by atoms with van der Waals surface area (Å²) in [6.07, 6.45) is 0. The molecule has 2 N–H and O–H groups in total. The molecule has 2 aromatic carbocycles. The number of methoxy groups -OCH3 is 1. The number of ether oxygens (including phenoxy) is 2. The lowest BCUT2D eigenvalue weighted by molar-refractivity contribution is 0.357. The molecule has 26 heavy (non-hydrogen) atoms. The highest BCUT2D eigenvalue weighted by Crippen LogP contribution is 2.42. The van der Waals surface area contributed by atoms with Crippen molar-refractivity contribution in [1.82, 2.24) is 0 Å². The number of hydrogen-bond acceptors (Lipinski definition) is 5. The molecular formula is C20H14BrN3O2. The molecular weight excluding hydrogens is 394 g/mol. The van der Waals surface area contributed by atoms with Crippen molar-refractivity contribution in [3.05, 3.63) is 81.2 Å². The van der Waals surface area contributed by atoms with Crippen molar-refractivity contribution < 1.29 is 9.47 Å². The average Bonchev–Trinajstić information content (AvgIpc) is 2.68.